The lowest BCUT2D eigenvalue weighted by Gasteiger charge is -2.40. The van der Waals surface area contributed by atoms with Gasteiger partial charge < -0.3 is 10.1 Å². The van der Waals surface area contributed by atoms with Gasteiger partial charge in [0, 0.05) is 31.6 Å². The Labute approximate surface area is 143 Å². The van der Waals surface area contributed by atoms with Gasteiger partial charge in [-0.05, 0) is 12.8 Å². The Morgan fingerprint density at radius 2 is 1.92 bits per heavy atom. The maximum absolute atomic E-state index is 12.0. The van der Waals surface area contributed by atoms with E-state index < -0.39 is 0 Å². The Morgan fingerprint density at radius 1 is 1.17 bits per heavy atom. The number of carbonyl (C=O) groups excluding carboxylic acids is 2. The van der Waals surface area contributed by atoms with E-state index in [0.717, 1.165) is 39.1 Å². The molecule has 1 saturated heterocycles. The highest BCUT2D eigenvalue weighted by atomic mass is 16.5. The molecule has 1 aromatic rings. The number of Topliss-reactive ketones (excluding diaryl/α,β-unsaturated/α-hetero) is 1. The number of hydrogen-bond donors (Lipinski definition) is 1. The van der Waals surface area contributed by atoms with Gasteiger partial charge >= 0.3 is 0 Å². The van der Waals surface area contributed by atoms with Crippen LogP contribution in [0.3, 0.4) is 0 Å². The zero-order valence-electron chi connectivity index (χ0n) is 14.1. The van der Waals surface area contributed by atoms with Crippen molar-refractivity contribution in [2.45, 2.75) is 37.7 Å². The number of ketones is 1. The van der Waals surface area contributed by atoms with Crippen molar-refractivity contribution in [3.05, 3.63) is 35.9 Å². The van der Waals surface area contributed by atoms with Crippen molar-refractivity contribution < 1.29 is 14.3 Å². The van der Waals surface area contributed by atoms with Gasteiger partial charge in [-0.3, -0.25) is 14.5 Å². The van der Waals surface area contributed by atoms with E-state index in [9.17, 15) is 9.59 Å². The minimum Gasteiger partial charge on any atom is -0.372 e. The zero-order valence-corrected chi connectivity index (χ0v) is 14.1. The van der Waals surface area contributed by atoms with Crippen LogP contribution in [0.5, 0.6) is 0 Å². The SMILES string of the molecule is O=C(CCN1CCOC2(CCCC2)C1)NCC(=O)c1ccccc1. The van der Waals surface area contributed by atoms with Crippen LogP contribution in [0.2, 0.25) is 0 Å². The second-order valence-corrected chi connectivity index (χ2v) is 6.83. The Balaban J connectivity index is 1.38. The Morgan fingerprint density at radius 3 is 2.67 bits per heavy atom. The number of rotatable bonds is 6. The number of nitrogens with zero attached hydrogens (tertiary/aromatic N) is 1. The first-order valence-electron chi connectivity index (χ1n) is 8.88. The number of ether oxygens (including phenoxy) is 1. The van der Waals surface area contributed by atoms with Crippen LogP contribution in [-0.2, 0) is 9.53 Å². The van der Waals surface area contributed by atoms with Gasteiger partial charge in [-0.1, -0.05) is 43.2 Å². The van der Waals surface area contributed by atoms with Gasteiger partial charge in [-0.15, -0.1) is 0 Å². The van der Waals surface area contributed by atoms with E-state index >= 15 is 0 Å². The third kappa shape index (κ3) is 4.42. The van der Waals surface area contributed by atoms with Crippen LogP contribution >= 0.6 is 0 Å². The van der Waals surface area contributed by atoms with E-state index in [-0.39, 0.29) is 23.8 Å². The molecule has 1 heterocycles. The summed E-state index contributed by atoms with van der Waals surface area (Å²) in [6, 6.07) is 9.06. The summed E-state index contributed by atoms with van der Waals surface area (Å²) in [5, 5.41) is 2.74. The monoisotopic (exact) mass is 330 g/mol. The van der Waals surface area contributed by atoms with Crippen molar-refractivity contribution >= 4 is 11.7 Å². The van der Waals surface area contributed by atoms with Gasteiger partial charge in [-0.2, -0.15) is 0 Å². The first-order valence-corrected chi connectivity index (χ1v) is 8.88. The predicted molar refractivity (Wildman–Crippen MR) is 92.0 cm³/mol. The smallest absolute Gasteiger partial charge is 0.221 e. The number of amides is 1. The Hall–Kier alpha value is -1.72. The zero-order chi connectivity index (χ0) is 16.8. The number of carbonyl (C=O) groups is 2. The summed E-state index contributed by atoms with van der Waals surface area (Å²) in [7, 11) is 0. The van der Waals surface area contributed by atoms with Gasteiger partial charge in [0.25, 0.3) is 0 Å². The fraction of sp³-hybridized carbons (Fsp3) is 0.579. The van der Waals surface area contributed by atoms with Crippen LogP contribution in [0.15, 0.2) is 30.3 Å². The topological polar surface area (TPSA) is 58.6 Å². The summed E-state index contributed by atoms with van der Waals surface area (Å²) in [6.45, 7) is 3.38. The van der Waals surface area contributed by atoms with Crippen molar-refractivity contribution in [1.29, 1.82) is 0 Å². The fourth-order valence-corrected chi connectivity index (χ4v) is 3.69. The molecule has 5 heteroatoms. The highest BCUT2D eigenvalue weighted by molar-refractivity contribution is 5.99. The van der Waals surface area contributed by atoms with Crippen LogP contribution in [0.4, 0.5) is 0 Å². The summed E-state index contributed by atoms with van der Waals surface area (Å²) in [6.07, 6.45) is 5.20. The molecule has 1 spiro atoms. The minimum absolute atomic E-state index is 0.0397. The van der Waals surface area contributed by atoms with E-state index in [4.69, 9.17) is 4.74 Å². The van der Waals surface area contributed by atoms with Crippen LogP contribution in [0.1, 0.15) is 42.5 Å². The molecule has 1 saturated carbocycles. The van der Waals surface area contributed by atoms with Gasteiger partial charge in [-0.25, -0.2) is 0 Å². The lowest BCUT2D eigenvalue weighted by Crippen LogP contribution is -2.51. The maximum Gasteiger partial charge on any atom is 0.221 e. The van der Waals surface area contributed by atoms with Gasteiger partial charge in [0.05, 0.1) is 18.8 Å². The Kier molecular flexibility index (Phi) is 5.63. The minimum atomic E-state index is -0.0637. The quantitative estimate of drug-likeness (QED) is 0.811. The normalized spacial score (nSPS) is 20.2. The van der Waals surface area contributed by atoms with Gasteiger partial charge in [0.1, 0.15) is 0 Å². The molecule has 1 amide bonds. The second-order valence-electron chi connectivity index (χ2n) is 6.83. The molecule has 130 valence electrons. The number of morpholine rings is 1. The van der Waals surface area contributed by atoms with E-state index in [1.807, 2.05) is 18.2 Å². The number of benzene rings is 1. The van der Waals surface area contributed by atoms with E-state index in [1.54, 1.807) is 12.1 Å². The highest BCUT2D eigenvalue weighted by Crippen LogP contribution is 2.35. The lowest BCUT2D eigenvalue weighted by atomic mass is 9.99. The maximum atomic E-state index is 12.0. The molecule has 3 rings (SSSR count). The number of hydrogen-bond acceptors (Lipinski definition) is 4. The summed E-state index contributed by atoms with van der Waals surface area (Å²) in [5.41, 5.74) is 0.673. The first kappa shape index (κ1) is 17.1. The van der Waals surface area contributed by atoms with Crippen molar-refractivity contribution in [2.24, 2.45) is 0 Å². The molecule has 0 radical (unpaired) electrons. The summed E-state index contributed by atoms with van der Waals surface area (Å²) < 4.78 is 6.00. The van der Waals surface area contributed by atoms with E-state index in [0.29, 0.717) is 12.0 Å². The molecule has 1 N–H and O–H groups in total. The molecule has 0 bridgehead atoms. The molecular weight excluding hydrogens is 304 g/mol. The van der Waals surface area contributed by atoms with Crippen LogP contribution in [-0.4, -0.2) is 55.0 Å². The molecule has 2 aliphatic rings. The fourth-order valence-electron chi connectivity index (χ4n) is 3.69. The molecule has 1 aliphatic carbocycles. The molecular formula is C19H26N2O3. The summed E-state index contributed by atoms with van der Waals surface area (Å²) in [5.74, 6) is -0.119. The summed E-state index contributed by atoms with van der Waals surface area (Å²) >= 11 is 0. The third-order valence-corrected chi connectivity index (χ3v) is 5.04. The molecule has 0 atom stereocenters. The van der Waals surface area contributed by atoms with Crippen molar-refractivity contribution in [3.8, 4) is 0 Å². The lowest BCUT2D eigenvalue weighted by molar-refractivity contribution is -0.124. The third-order valence-electron chi connectivity index (χ3n) is 5.04. The molecule has 0 unspecified atom stereocenters. The van der Waals surface area contributed by atoms with E-state index in [2.05, 4.69) is 10.2 Å². The standard InChI is InChI=1S/C19H26N2O3/c22-17(16-6-2-1-3-7-16)14-20-18(23)8-11-21-12-13-24-19(15-21)9-4-5-10-19/h1-3,6-7H,4-5,8-15H2,(H,20,23). The molecule has 1 aromatic carbocycles. The predicted octanol–water partition coefficient (Wildman–Crippen LogP) is 2.02. The average molecular weight is 330 g/mol. The Bertz CT molecular complexity index is 567. The average Bonchev–Trinajstić information content (AvgIpc) is 3.06. The molecule has 5 nitrogen and oxygen atoms in total. The van der Waals surface area contributed by atoms with Gasteiger partial charge in [0.2, 0.25) is 5.91 Å². The number of nitrogens with one attached hydrogen (secondary N) is 1. The molecule has 24 heavy (non-hydrogen) atoms. The van der Waals surface area contributed by atoms with Crippen molar-refractivity contribution in [3.63, 3.8) is 0 Å². The first-order chi connectivity index (χ1) is 11.7. The summed E-state index contributed by atoms with van der Waals surface area (Å²) in [4.78, 5) is 26.3. The van der Waals surface area contributed by atoms with Crippen LogP contribution < -0.4 is 5.32 Å². The second kappa shape index (κ2) is 7.90. The molecule has 0 aromatic heterocycles. The van der Waals surface area contributed by atoms with Gasteiger partial charge in [0.15, 0.2) is 5.78 Å². The van der Waals surface area contributed by atoms with E-state index in [1.165, 1.54) is 12.8 Å². The van der Waals surface area contributed by atoms with Crippen LogP contribution in [0, 0.1) is 0 Å². The highest BCUT2D eigenvalue weighted by Gasteiger charge is 2.38. The van der Waals surface area contributed by atoms with Crippen LogP contribution in [0.25, 0.3) is 0 Å². The van der Waals surface area contributed by atoms with Crippen molar-refractivity contribution in [1.82, 2.24) is 10.2 Å². The molecule has 1 aliphatic heterocycles. The largest absolute Gasteiger partial charge is 0.372 e. The van der Waals surface area contributed by atoms with Crippen molar-refractivity contribution in [2.75, 3.05) is 32.8 Å². The molecule has 2 fully saturated rings.